The lowest BCUT2D eigenvalue weighted by Gasteiger charge is -2.35. The van der Waals surface area contributed by atoms with Gasteiger partial charge in [-0.2, -0.15) is 0 Å². The number of aliphatic hydroxyl groups is 1. The van der Waals surface area contributed by atoms with Crippen LogP contribution in [-0.4, -0.2) is 51.3 Å². The Morgan fingerprint density at radius 2 is 2.29 bits per heavy atom. The number of amides is 2. The molecule has 3 rings (SSSR count). The van der Waals surface area contributed by atoms with Gasteiger partial charge in [-0.05, 0) is 32.1 Å². The number of hydrogen-bond donors (Lipinski definition) is 2. The Balaban J connectivity index is 1.51. The summed E-state index contributed by atoms with van der Waals surface area (Å²) in [7, 11) is 0. The predicted molar refractivity (Wildman–Crippen MR) is 78.7 cm³/mol. The molecular formula is C15H24N4O2. The van der Waals surface area contributed by atoms with Gasteiger partial charge >= 0.3 is 6.03 Å². The number of rotatable bonds is 5. The molecule has 0 unspecified atom stereocenters. The van der Waals surface area contributed by atoms with Crippen LogP contribution < -0.4 is 5.32 Å². The maximum atomic E-state index is 12.3. The highest BCUT2D eigenvalue weighted by molar-refractivity contribution is 5.74. The van der Waals surface area contributed by atoms with Crippen molar-refractivity contribution < 1.29 is 9.90 Å². The van der Waals surface area contributed by atoms with Crippen molar-refractivity contribution in [2.75, 3.05) is 19.7 Å². The van der Waals surface area contributed by atoms with E-state index in [1.54, 1.807) is 11.1 Å². The van der Waals surface area contributed by atoms with Crippen molar-refractivity contribution in [3.63, 3.8) is 0 Å². The van der Waals surface area contributed by atoms with E-state index >= 15 is 0 Å². The molecule has 2 N–H and O–H groups in total. The normalized spacial score (nSPS) is 23.9. The zero-order valence-electron chi connectivity index (χ0n) is 12.4. The Kier molecular flexibility index (Phi) is 4.14. The van der Waals surface area contributed by atoms with Crippen LogP contribution in [0.5, 0.6) is 0 Å². The number of urea groups is 1. The number of imidazole rings is 1. The van der Waals surface area contributed by atoms with E-state index in [1.165, 1.54) is 0 Å². The van der Waals surface area contributed by atoms with Crippen LogP contribution in [0, 0.1) is 5.41 Å². The second kappa shape index (κ2) is 6.05. The van der Waals surface area contributed by atoms with E-state index < -0.39 is 0 Å². The first kappa shape index (κ1) is 14.4. The molecule has 1 saturated carbocycles. The molecule has 1 aliphatic heterocycles. The van der Waals surface area contributed by atoms with Gasteiger partial charge in [-0.25, -0.2) is 9.78 Å². The fourth-order valence-corrected chi connectivity index (χ4v) is 3.16. The lowest BCUT2D eigenvalue weighted by molar-refractivity contribution is 0.107. The number of hydrogen-bond acceptors (Lipinski definition) is 3. The van der Waals surface area contributed by atoms with Gasteiger partial charge in [-0.15, -0.1) is 0 Å². The molecular weight excluding hydrogens is 268 g/mol. The van der Waals surface area contributed by atoms with Gasteiger partial charge in [-0.1, -0.05) is 0 Å². The van der Waals surface area contributed by atoms with Crippen LogP contribution in [0.3, 0.4) is 0 Å². The van der Waals surface area contributed by atoms with Crippen molar-refractivity contribution in [1.29, 1.82) is 0 Å². The zero-order valence-corrected chi connectivity index (χ0v) is 12.4. The molecule has 2 heterocycles. The molecule has 6 heteroatoms. The molecule has 2 fully saturated rings. The summed E-state index contributed by atoms with van der Waals surface area (Å²) < 4.78 is 2.08. The third-order valence-electron chi connectivity index (χ3n) is 4.75. The van der Waals surface area contributed by atoms with Crippen molar-refractivity contribution in [3.05, 3.63) is 18.7 Å². The molecule has 1 aliphatic carbocycles. The topological polar surface area (TPSA) is 70.4 Å². The highest BCUT2D eigenvalue weighted by Crippen LogP contribution is 2.46. The van der Waals surface area contributed by atoms with Crippen LogP contribution in [-0.2, 0) is 6.54 Å². The van der Waals surface area contributed by atoms with Crippen LogP contribution >= 0.6 is 0 Å². The van der Waals surface area contributed by atoms with Crippen molar-refractivity contribution in [3.8, 4) is 0 Å². The van der Waals surface area contributed by atoms with Crippen molar-refractivity contribution >= 4 is 6.03 Å². The lowest BCUT2D eigenvalue weighted by Crippen LogP contribution is -2.51. The van der Waals surface area contributed by atoms with E-state index in [1.807, 2.05) is 12.5 Å². The number of piperidine rings is 1. The average Bonchev–Trinajstić information content (AvgIpc) is 3.09. The van der Waals surface area contributed by atoms with Gasteiger partial charge in [0.25, 0.3) is 0 Å². The summed E-state index contributed by atoms with van der Waals surface area (Å²) in [4.78, 5) is 18.2. The minimum Gasteiger partial charge on any atom is -0.394 e. The smallest absolute Gasteiger partial charge is 0.317 e. The molecule has 1 aromatic heterocycles. The number of carbonyl (C=O) groups excluding carboxylic acids is 1. The van der Waals surface area contributed by atoms with Crippen molar-refractivity contribution in [1.82, 2.24) is 19.8 Å². The molecule has 1 saturated heterocycles. The fraction of sp³-hybridized carbons (Fsp3) is 0.733. The summed E-state index contributed by atoms with van der Waals surface area (Å²) in [6.45, 7) is 2.44. The fourth-order valence-electron chi connectivity index (χ4n) is 3.16. The summed E-state index contributed by atoms with van der Waals surface area (Å²) in [6.07, 6.45) is 10.9. The van der Waals surface area contributed by atoms with Crippen molar-refractivity contribution in [2.45, 2.75) is 44.7 Å². The largest absolute Gasteiger partial charge is 0.394 e. The molecule has 0 radical (unpaired) electrons. The SMILES string of the molecule is O=C(NCC1(Cn2ccnc2)CC1)N1CCCC[C@H]1CO. The monoisotopic (exact) mass is 292 g/mol. The maximum absolute atomic E-state index is 12.3. The Morgan fingerprint density at radius 3 is 2.95 bits per heavy atom. The van der Waals surface area contributed by atoms with Crippen LogP contribution in [0.15, 0.2) is 18.7 Å². The number of aliphatic hydroxyl groups excluding tert-OH is 1. The van der Waals surface area contributed by atoms with Crippen LogP contribution in [0.4, 0.5) is 4.79 Å². The molecule has 21 heavy (non-hydrogen) atoms. The first-order valence-corrected chi connectivity index (χ1v) is 7.84. The zero-order chi connectivity index (χ0) is 14.7. The number of likely N-dealkylation sites (tertiary alicyclic amines) is 1. The standard InChI is InChI=1S/C15H24N4O2/c20-9-13-3-1-2-7-19(13)14(21)17-10-15(4-5-15)11-18-8-6-16-12-18/h6,8,12-13,20H,1-5,7,9-11H2,(H,17,21)/t13-/m0/s1. The van der Waals surface area contributed by atoms with E-state index in [0.717, 1.165) is 45.2 Å². The van der Waals surface area contributed by atoms with Gasteiger partial charge in [0.15, 0.2) is 0 Å². The van der Waals surface area contributed by atoms with E-state index in [0.29, 0.717) is 6.54 Å². The molecule has 0 aromatic carbocycles. The Labute approximate surface area is 125 Å². The van der Waals surface area contributed by atoms with Crippen LogP contribution in [0.2, 0.25) is 0 Å². The molecule has 116 valence electrons. The average molecular weight is 292 g/mol. The third kappa shape index (κ3) is 3.37. The molecule has 1 atom stereocenters. The van der Waals surface area contributed by atoms with Crippen molar-refractivity contribution in [2.24, 2.45) is 5.41 Å². The Hall–Kier alpha value is -1.56. The second-order valence-electron chi connectivity index (χ2n) is 6.42. The van der Waals surface area contributed by atoms with Gasteiger partial charge in [0.05, 0.1) is 19.0 Å². The first-order chi connectivity index (χ1) is 10.2. The predicted octanol–water partition coefficient (Wildman–Crippen LogP) is 1.22. The number of nitrogens with one attached hydrogen (secondary N) is 1. The molecule has 0 spiro atoms. The van der Waals surface area contributed by atoms with E-state index in [4.69, 9.17) is 0 Å². The third-order valence-corrected chi connectivity index (χ3v) is 4.75. The maximum Gasteiger partial charge on any atom is 0.317 e. The Bertz CT molecular complexity index is 470. The molecule has 6 nitrogen and oxygen atoms in total. The minimum absolute atomic E-state index is 0.0115. The van der Waals surface area contributed by atoms with Crippen LogP contribution in [0.1, 0.15) is 32.1 Å². The minimum atomic E-state index is -0.0225. The van der Waals surface area contributed by atoms with E-state index in [2.05, 4.69) is 14.9 Å². The number of aromatic nitrogens is 2. The Morgan fingerprint density at radius 1 is 1.43 bits per heavy atom. The highest BCUT2D eigenvalue weighted by atomic mass is 16.3. The summed E-state index contributed by atoms with van der Waals surface area (Å²) in [5.74, 6) is 0. The first-order valence-electron chi connectivity index (χ1n) is 7.84. The molecule has 0 bridgehead atoms. The van der Waals surface area contributed by atoms with Gasteiger partial charge < -0.3 is 19.9 Å². The van der Waals surface area contributed by atoms with Gasteiger partial charge in [0.1, 0.15) is 0 Å². The van der Waals surface area contributed by atoms with Gasteiger partial charge in [0, 0.05) is 37.4 Å². The summed E-state index contributed by atoms with van der Waals surface area (Å²) in [5, 5.41) is 12.5. The number of carbonyl (C=O) groups is 1. The quantitative estimate of drug-likeness (QED) is 0.857. The highest BCUT2D eigenvalue weighted by Gasteiger charge is 2.43. The van der Waals surface area contributed by atoms with Crippen LogP contribution in [0.25, 0.3) is 0 Å². The summed E-state index contributed by atoms with van der Waals surface area (Å²) >= 11 is 0. The lowest BCUT2D eigenvalue weighted by atomic mass is 10.0. The second-order valence-corrected chi connectivity index (χ2v) is 6.42. The number of nitrogens with zero attached hydrogens (tertiary/aromatic N) is 3. The van der Waals surface area contributed by atoms with Gasteiger partial charge in [0.2, 0.25) is 0 Å². The van der Waals surface area contributed by atoms with Gasteiger partial charge in [-0.3, -0.25) is 0 Å². The van der Waals surface area contributed by atoms with E-state index in [-0.39, 0.29) is 24.1 Å². The molecule has 2 amide bonds. The summed E-state index contributed by atoms with van der Waals surface area (Å²) in [6, 6.07) is -0.0341. The molecule has 1 aromatic rings. The van der Waals surface area contributed by atoms with E-state index in [9.17, 15) is 9.90 Å². The molecule has 2 aliphatic rings. The summed E-state index contributed by atoms with van der Waals surface area (Å²) in [5.41, 5.74) is 0.195.